The molecular formula is C36H56O12. The normalized spacial score (nSPS) is 60.1. The fourth-order valence-corrected chi connectivity index (χ4v) is 13.7. The number of aliphatic hydroxyl groups is 6. The summed E-state index contributed by atoms with van der Waals surface area (Å²) >= 11 is 0. The number of carbonyl (C=O) groups is 1. The number of hydrogen-bond donors (Lipinski definition) is 6. The van der Waals surface area contributed by atoms with Gasteiger partial charge in [0.25, 0.3) is 0 Å². The maximum absolute atomic E-state index is 12.5. The van der Waals surface area contributed by atoms with Gasteiger partial charge in [-0.2, -0.15) is 0 Å². The molecule has 0 radical (unpaired) electrons. The quantitative estimate of drug-likeness (QED) is 0.185. The second-order valence-corrected chi connectivity index (χ2v) is 18.2. The Balaban J connectivity index is 1.03. The van der Waals surface area contributed by atoms with Crippen LogP contribution in [-0.2, 0) is 28.5 Å². The molecule has 3 heterocycles. The van der Waals surface area contributed by atoms with Crippen LogP contribution in [0, 0.1) is 50.7 Å². The molecule has 0 bridgehead atoms. The fraction of sp³-hybridized carbons (Fsp3) is 0.972. The van der Waals surface area contributed by atoms with E-state index >= 15 is 0 Å². The molecule has 12 heteroatoms. The maximum Gasteiger partial charge on any atom is 0.306 e. The number of fused-ring (bicyclic) bond motifs is 4. The standard InChI is InChI=1S/C36H56O12/c1-16-10-23(40)46-20-12-34(5)21-11-17(37)29-32(2,3)22(6-7-36(29)15-35(21,36)9-8-33(34,4)24(16)20)47-31-28(26(42)19(39)14-45-31)48-30-27(43)25(41)18(38)13-44-30/h16-22,24-31,37-39,41-43H,6-15H2,1-5H3. The third-order valence-corrected chi connectivity index (χ3v) is 15.9. The molecule has 0 aromatic carbocycles. The zero-order chi connectivity index (χ0) is 34.3. The van der Waals surface area contributed by atoms with Crippen molar-refractivity contribution in [2.75, 3.05) is 13.2 Å². The van der Waals surface area contributed by atoms with Crippen LogP contribution >= 0.6 is 0 Å². The number of aliphatic hydroxyl groups excluding tert-OH is 6. The van der Waals surface area contributed by atoms with E-state index in [1.165, 1.54) is 0 Å². The van der Waals surface area contributed by atoms with Crippen molar-refractivity contribution in [3.63, 3.8) is 0 Å². The van der Waals surface area contributed by atoms with E-state index in [0.717, 1.165) is 38.5 Å². The average molecular weight is 681 g/mol. The third kappa shape index (κ3) is 4.40. The minimum atomic E-state index is -1.58. The molecule has 12 nitrogen and oxygen atoms in total. The highest BCUT2D eigenvalue weighted by atomic mass is 16.7. The molecule has 48 heavy (non-hydrogen) atoms. The molecule has 19 unspecified atom stereocenters. The van der Waals surface area contributed by atoms with Crippen LogP contribution in [0.5, 0.6) is 0 Å². The Hall–Kier alpha value is -0.930. The van der Waals surface area contributed by atoms with Gasteiger partial charge in [0.2, 0.25) is 0 Å². The van der Waals surface area contributed by atoms with Crippen LogP contribution in [0.1, 0.15) is 86.0 Å². The summed E-state index contributed by atoms with van der Waals surface area (Å²) in [5.74, 6) is 0.873. The van der Waals surface area contributed by atoms with E-state index in [0.29, 0.717) is 24.7 Å². The highest BCUT2D eigenvalue weighted by Crippen LogP contribution is 2.89. The van der Waals surface area contributed by atoms with Crippen molar-refractivity contribution in [1.29, 1.82) is 0 Å². The molecule has 0 amide bonds. The van der Waals surface area contributed by atoms with Crippen LogP contribution < -0.4 is 0 Å². The Kier molecular flexibility index (Phi) is 7.86. The first-order valence-electron chi connectivity index (χ1n) is 18.3. The molecule has 8 aliphatic rings. The summed E-state index contributed by atoms with van der Waals surface area (Å²) in [5.41, 5.74) is -0.365. The van der Waals surface area contributed by atoms with Crippen molar-refractivity contribution < 1.29 is 59.1 Å². The lowest BCUT2D eigenvalue weighted by Crippen LogP contribution is -2.63. The fourth-order valence-electron chi connectivity index (χ4n) is 13.7. The smallest absolute Gasteiger partial charge is 0.306 e. The summed E-state index contributed by atoms with van der Waals surface area (Å²) < 4.78 is 30.0. The van der Waals surface area contributed by atoms with Gasteiger partial charge in [-0.3, -0.25) is 4.79 Å². The minimum absolute atomic E-state index is 0.0187. The molecule has 6 N–H and O–H groups in total. The first kappa shape index (κ1) is 34.2. The molecular weight excluding hydrogens is 624 g/mol. The monoisotopic (exact) mass is 680 g/mol. The lowest BCUT2D eigenvalue weighted by atomic mass is 9.41. The van der Waals surface area contributed by atoms with Gasteiger partial charge in [-0.25, -0.2) is 0 Å². The summed E-state index contributed by atoms with van der Waals surface area (Å²) in [7, 11) is 0. The second kappa shape index (κ2) is 11.0. The van der Waals surface area contributed by atoms with Gasteiger partial charge in [0, 0.05) is 12.3 Å². The topological polar surface area (TPSA) is 185 Å². The van der Waals surface area contributed by atoms with Gasteiger partial charge in [0.05, 0.1) is 25.4 Å². The molecule has 0 aromatic rings. The van der Waals surface area contributed by atoms with Crippen LogP contribution in [0.15, 0.2) is 0 Å². The van der Waals surface area contributed by atoms with Crippen molar-refractivity contribution >= 4 is 5.97 Å². The van der Waals surface area contributed by atoms with Gasteiger partial charge in [0.1, 0.15) is 42.7 Å². The molecule has 19 atom stereocenters. The zero-order valence-corrected chi connectivity index (χ0v) is 28.9. The van der Waals surface area contributed by atoms with E-state index in [1.807, 2.05) is 0 Å². The molecule has 3 aliphatic heterocycles. The van der Waals surface area contributed by atoms with Crippen molar-refractivity contribution in [3.8, 4) is 0 Å². The minimum Gasteiger partial charge on any atom is -0.462 e. The molecule has 0 aromatic heterocycles. The predicted octanol–water partition coefficient (Wildman–Crippen LogP) is 1.25. The van der Waals surface area contributed by atoms with E-state index in [1.54, 1.807) is 0 Å². The molecule has 5 aliphatic carbocycles. The second-order valence-electron chi connectivity index (χ2n) is 18.2. The van der Waals surface area contributed by atoms with Crippen LogP contribution in [-0.4, -0.2) is 117 Å². The van der Waals surface area contributed by atoms with E-state index in [-0.39, 0.29) is 64.9 Å². The molecule has 2 spiro atoms. The Morgan fingerprint density at radius 3 is 2.19 bits per heavy atom. The number of esters is 1. The summed E-state index contributed by atoms with van der Waals surface area (Å²) in [6.45, 7) is 11.0. The highest BCUT2D eigenvalue weighted by molar-refractivity contribution is 5.71. The van der Waals surface area contributed by atoms with Gasteiger partial charge in [0.15, 0.2) is 12.6 Å². The van der Waals surface area contributed by atoms with Crippen molar-refractivity contribution in [3.05, 3.63) is 0 Å². The van der Waals surface area contributed by atoms with Crippen LogP contribution in [0.4, 0.5) is 0 Å². The Bertz CT molecular complexity index is 1300. The van der Waals surface area contributed by atoms with E-state index < -0.39 is 60.7 Å². The summed E-state index contributed by atoms with van der Waals surface area (Å²) in [6, 6.07) is 0. The third-order valence-electron chi connectivity index (χ3n) is 15.9. The van der Waals surface area contributed by atoms with E-state index in [4.69, 9.17) is 23.7 Å². The number of ether oxygens (including phenoxy) is 5. The van der Waals surface area contributed by atoms with Gasteiger partial charge < -0.3 is 54.3 Å². The lowest BCUT2D eigenvalue weighted by Gasteiger charge is -2.64. The molecule has 272 valence electrons. The van der Waals surface area contributed by atoms with Gasteiger partial charge in [-0.05, 0) is 89.8 Å². The molecule has 3 saturated heterocycles. The largest absolute Gasteiger partial charge is 0.462 e. The SMILES string of the molecule is CC1CC(=O)OC2CC3(C)C4CC(O)C5C(C)(C)C(OC6OCC(O)C(O)C6OC6OCC(O)C(O)C6O)CCC56CC46CCC3(C)C12. The summed E-state index contributed by atoms with van der Waals surface area (Å²) in [6.07, 6.45) is -4.76. The van der Waals surface area contributed by atoms with Crippen molar-refractivity contribution in [1.82, 2.24) is 0 Å². The zero-order valence-electron chi connectivity index (χ0n) is 28.9. The highest BCUT2D eigenvalue weighted by Gasteiger charge is 2.84. The van der Waals surface area contributed by atoms with E-state index in [2.05, 4.69) is 34.6 Å². The van der Waals surface area contributed by atoms with Crippen LogP contribution in [0.3, 0.4) is 0 Å². The Morgan fingerprint density at radius 1 is 0.771 bits per heavy atom. The van der Waals surface area contributed by atoms with Crippen LogP contribution in [0.25, 0.3) is 0 Å². The van der Waals surface area contributed by atoms with E-state index in [9.17, 15) is 35.4 Å². The number of rotatable bonds is 4. The first-order chi connectivity index (χ1) is 22.5. The van der Waals surface area contributed by atoms with Gasteiger partial charge >= 0.3 is 5.97 Å². The maximum atomic E-state index is 12.5. The predicted molar refractivity (Wildman–Crippen MR) is 167 cm³/mol. The van der Waals surface area contributed by atoms with Crippen LogP contribution in [0.2, 0.25) is 0 Å². The Morgan fingerprint density at radius 2 is 1.46 bits per heavy atom. The Labute approximate surface area is 282 Å². The summed E-state index contributed by atoms with van der Waals surface area (Å²) in [5, 5.41) is 64.2. The van der Waals surface area contributed by atoms with Gasteiger partial charge in [-0.15, -0.1) is 0 Å². The van der Waals surface area contributed by atoms with Gasteiger partial charge in [-0.1, -0.05) is 34.6 Å². The first-order valence-corrected chi connectivity index (χ1v) is 18.3. The van der Waals surface area contributed by atoms with Crippen molar-refractivity contribution in [2.24, 2.45) is 50.7 Å². The molecule has 8 fully saturated rings. The number of carbonyl (C=O) groups excluding carboxylic acids is 1. The molecule has 5 saturated carbocycles. The summed E-state index contributed by atoms with van der Waals surface area (Å²) in [4.78, 5) is 12.5. The number of hydrogen-bond acceptors (Lipinski definition) is 12. The van der Waals surface area contributed by atoms with Crippen molar-refractivity contribution in [2.45, 2.75) is 154 Å². The molecule has 8 rings (SSSR count). The average Bonchev–Trinajstić information content (AvgIpc) is 3.59. The lowest BCUT2D eigenvalue weighted by molar-refractivity contribution is -0.356.